The number of hydrogen-bond donors (Lipinski definition) is 2. The van der Waals surface area contributed by atoms with Gasteiger partial charge in [-0.1, -0.05) is 82.5 Å². The fourth-order valence-corrected chi connectivity index (χ4v) is 4.72. The van der Waals surface area contributed by atoms with Gasteiger partial charge in [0.1, 0.15) is 0 Å². The van der Waals surface area contributed by atoms with Crippen LogP contribution < -0.4 is 0 Å². The maximum atomic E-state index is 12.8. The first-order valence-corrected chi connectivity index (χ1v) is 15.5. The van der Waals surface area contributed by atoms with Crippen LogP contribution in [0, 0.1) is 5.41 Å². The zero-order chi connectivity index (χ0) is 34.5. The van der Waals surface area contributed by atoms with Gasteiger partial charge in [0.2, 0.25) is 0 Å². The van der Waals surface area contributed by atoms with Gasteiger partial charge in [-0.05, 0) is 64.9 Å². The Kier molecular flexibility index (Phi) is 13.5. The number of esters is 3. The third-order valence-electron chi connectivity index (χ3n) is 7.44. The lowest BCUT2D eigenvalue weighted by Crippen LogP contribution is -2.16. The minimum absolute atomic E-state index is 0.000792. The van der Waals surface area contributed by atoms with E-state index in [-0.39, 0.29) is 23.9 Å². The van der Waals surface area contributed by atoms with Crippen molar-refractivity contribution < 1.29 is 38.5 Å². The highest BCUT2D eigenvalue weighted by atomic mass is 16.6. The lowest BCUT2D eigenvalue weighted by molar-refractivity contribution is -0.154. The van der Waals surface area contributed by atoms with Gasteiger partial charge in [-0.25, -0.2) is 19.2 Å². The Morgan fingerprint density at radius 2 is 1.64 bits per heavy atom. The molecule has 47 heavy (non-hydrogen) atoms. The molecule has 246 valence electrons. The van der Waals surface area contributed by atoms with E-state index in [0.717, 1.165) is 39.1 Å². The number of carboxylic acids is 1. The molecular formula is C38H41NO8. The number of nitrogens with one attached hydrogen (secondary N) is 1. The molecule has 2 N–H and O–H groups in total. The summed E-state index contributed by atoms with van der Waals surface area (Å²) in [6.45, 7) is 15.2. The molecule has 1 heterocycles. The van der Waals surface area contributed by atoms with Gasteiger partial charge in [-0.15, -0.1) is 0 Å². The third kappa shape index (κ3) is 10.4. The molecule has 1 atom stereocenters. The van der Waals surface area contributed by atoms with Gasteiger partial charge in [0.15, 0.2) is 0 Å². The van der Waals surface area contributed by atoms with Crippen LogP contribution in [0.25, 0.3) is 27.6 Å². The largest absolute Gasteiger partial charge is 0.478 e. The average molecular weight is 640 g/mol. The van der Waals surface area contributed by atoms with Gasteiger partial charge in [-0.3, -0.25) is 0 Å². The SMILES string of the molecule is C=C(CC1CO1)C(=O)OC(=O)C(=Cc1cccc2cc3ccccc3c(C=N)c12)CCC.C=C(CCCOC(=O)C(=C)CC)C(=O)O. The topological polar surface area (TPSA) is 143 Å². The molecule has 3 aromatic carbocycles. The first kappa shape index (κ1) is 36.3. The Bertz CT molecular complexity index is 1750. The molecule has 0 radical (unpaired) electrons. The second-order valence-corrected chi connectivity index (χ2v) is 11.1. The summed E-state index contributed by atoms with van der Waals surface area (Å²) in [6.07, 6.45) is 6.03. The lowest BCUT2D eigenvalue weighted by Gasteiger charge is -2.12. The van der Waals surface area contributed by atoms with Crippen LogP contribution in [-0.4, -0.2) is 54.5 Å². The summed E-state index contributed by atoms with van der Waals surface area (Å²) in [6, 6.07) is 15.9. The van der Waals surface area contributed by atoms with Crippen LogP contribution in [-0.2, 0) is 33.4 Å². The van der Waals surface area contributed by atoms with Crippen molar-refractivity contribution in [2.24, 2.45) is 0 Å². The van der Waals surface area contributed by atoms with Crippen molar-refractivity contribution in [3.63, 3.8) is 0 Å². The van der Waals surface area contributed by atoms with Crippen molar-refractivity contribution in [2.75, 3.05) is 13.2 Å². The van der Waals surface area contributed by atoms with Crippen LogP contribution in [0.1, 0.15) is 63.5 Å². The van der Waals surface area contributed by atoms with E-state index in [9.17, 15) is 19.2 Å². The molecule has 1 fully saturated rings. The quantitative estimate of drug-likeness (QED) is 0.0331. The van der Waals surface area contributed by atoms with Crippen LogP contribution in [0.15, 0.2) is 90.6 Å². The number of fused-ring (bicyclic) bond motifs is 2. The molecule has 3 aromatic rings. The van der Waals surface area contributed by atoms with E-state index in [1.165, 1.54) is 6.21 Å². The fourth-order valence-electron chi connectivity index (χ4n) is 4.72. The molecule has 1 aliphatic heterocycles. The van der Waals surface area contributed by atoms with E-state index in [1.807, 2.05) is 56.3 Å². The molecule has 9 nitrogen and oxygen atoms in total. The second kappa shape index (κ2) is 17.5. The molecule has 1 saturated heterocycles. The summed E-state index contributed by atoms with van der Waals surface area (Å²) in [7, 11) is 0. The van der Waals surface area contributed by atoms with Gasteiger partial charge in [0.05, 0.1) is 19.3 Å². The number of benzene rings is 3. The number of epoxide rings is 1. The first-order valence-electron chi connectivity index (χ1n) is 15.5. The Morgan fingerprint density at radius 1 is 0.936 bits per heavy atom. The van der Waals surface area contributed by atoms with Crippen molar-refractivity contribution in [1.29, 1.82) is 5.41 Å². The third-order valence-corrected chi connectivity index (χ3v) is 7.44. The Labute approximate surface area is 274 Å². The van der Waals surface area contributed by atoms with Crippen LogP contribution in [0.4, 0.5) is 0 Å². The Hall–Kier alpha value is -5.15. The van der Waals surface area contributed by atoms with Crippen molar-refractivity contribution in [1.82, 2.24) is 0 Å². The second-order valence-electron chi connectivity index (χ2n) is 11.1. The Balaban J connectivity index is 0.000000339. The summed E-state index contributed by atoms with van der Waals surface area (Å²) in [5.41, 5.74) is 2.80. The zero-order valence-electron chi connectivity index (χ0n) is 26.9. The monoisotopic (exact) mass is 639 g/mol. The van der Waals surface area contributed by atoms with E-state index in [2.05, 4.69) is 25.8 Å². The normalized spacial score (nSPS) is 13.6. The molecule has 4 rings (SSSR count). The van der Waals surface area contributed by atoms with Crippen molar-refractivity contribution in [2.45, 2.75) is 58.5 Å². The molecule has 0 aliphatic carbocycles. The highest BCUT2D eigenvalue weighted by molar-refractivity contribution is 6.15. The maximum Gasteiger partial charge on any atom is 0.341 e. The maximum absolute atomic E-state index is 12.8. The zero-order valence-corrected chi connectivity index (χ0v) is 26.9. The molecule has 0 bridgehead atoms. The Morgan fingerprint density at radius 3 is 2.28 bits per heavy atom. The number of aliphatic carboxylic acids is 1. The van der Waals surface area contributed by atoms with E-state index in [1.54, 1.807) is 6.08 Å². The number of carboxylic acid groups (broad SMARTS) is 1. The molecule has 0 saturated carbocycles. The number of rotatable bonds is 15. The van der Waals surface area contributed by atoms with Gasteiger partial charge in [0.25, 0.3) is 0 Å². The van der Waals surface area contributed by atoms with E-state index < -0.39 is 23.9 Å². The van der Waals surface area contributed by atoms with E-state index in [4.69, 9.17) is 24.7 Å². The fraction of sp³-hybridized carbons (Fsp3) is 0.289. The molecule has 0 spiro atoms. The standard InChI is InChI=1S/C27H25NO4.C11H16O4/c1-3-7-21(27(30)32-26(29)17(2)12-22-16-31-22)14-20-10-6-9-19-13-18-8-4-5-11-23(18)24(15-28)25(19)20;1-4-8(2)11(14)15-7-5-6-9(3)10(12)13/h4-6,8-11,13-15,22,28H,2-3,7,12,16H2,1H3;2-7H2,1H3,(H,12,13). The number of carbonyl (C=O) groups excluding carboxylic acids is 3. The van der Waals surface area contributed by atoms with Crippen molar-refractivity contribution in [3.05, 3.63) is 102 Å². The van der Waals surface area contributed by atoms with Gasteiger partial charge in [-0.2, -0.15) is 0 Å². The average Bonchev–Trinajstić information content (AvgIpc) is 3.89. The summed E-state index contributed by atoms with van der Waals surface area (Å²) >= 11 is 0. The molecule has 1 unspecified atom stereocenters. The lowest BCUT2D eigenvalue weighted by atomic mass is 9.93. The van der Waals surface area contributed by atoms with Crippen LogP contribution >= 0.6 is 0 Å². The van der Waals surface area contributed by atoms with E-state index in [0.29, 0.717) is 49.9 Å². The predicted molar refractivity (Wildman–Crippen MR) is 183 cm³/mol. The van der Waals surface area contributed by atoms with Gasteiger partial charge < -0.3 is 24.7 Å². The van der Waals surface area contributed by atoms with Crippen LogP contribution in [0.5, 0.6) is 0 Å². The van der Waals surface area contributed by atoms with Crippen molar-refractivity contribution in [3.8, 4) is 0 Å². The summed E-state index contributed by atoms with van der Waals surface area (Å²) < 4.78 is 15.1. The summed E-state index contributed by atoms with van der Waals surface area (Å²) in [4.78, 5) is 46.6. The minimum atomic E-state index is -1.01. The molecule has 1 aliphatic rings. The number of ether oxygens (including phenoxy) is 3. The molecule has 0 aromatic heterocycles. The highest BCUT2D eigenvalue weighted by Crippen LogP contribution is 2.31. The number of hydrogen-bond acceptors (Lipinski definition) is 8. The van der Waals surface area contributed by atoms with Crippen LogP contribution in [0.2, 0.25) is 0 Å². The summed E-state index contributed by atoms with van der Waals surface area (Å²) in [5, 5.41) is 20.4. The molecular weight excluding hydrogens is 598 g/mol. The van der Waals surface area contributed by atoms with E-state index >= 15 is 0 Å². The minimum Gasteiger partial charge on any atom is -0.478 e. The molecule has 9 heteroatoms. The van der Waals surface area contributed by atoms with Gasteiger partial charge >= 0.3 is 23.9 Å². The smallest absolute Gasteiger partial charge is 0.341 e. The van der Waals surface area contributed by atoms with Crippen LogP contribution in [0.3, 0.4) is 0 Å². The van der Waals surface area contributed by atoms with Crippen molar-refractivity contribution >= 4 is 57.7 Å². The summed E-state index contributed by atoms with van der Waals surface area (Å²) in [5.74, 6) is -2.81. The highest BCUT2D eigenvalue weighted by Gasteiger charge is 2.27. The first-order chi connectivity index (χ1) is 22.5. The number of carbonyl (C=O) groups is 4. The molecule has 0 amide bonds. The van der Waals surface area contributed by atoms with Gasteiger partial charge in [0, 0.05) is 40.5 Å². The predicted octanol–water partition coefficient (Wildman–Crippen LogP) is 7.51.